The monoisotopic (exact) mass is 293 g/mol. The molecule has 2 aromatic rings. The van der Waals surface area contributed by atoms with E-state index in [0.717, 1.165) is 0 Å². The minimum Gasteiger partial charge on any atom is -0.481 e. The predicted octanol–water partition coefficient (Wildman–Crippen LogP) is 1.61. The average molecular weight is 293 g/mol. The van der Waals surface area contributed by atoms with Gasteiger partial charge in [-0.1, -0.05) is 18.2 Å². The van der Waals surface area contributed by atoms with E-state index in [1.54, 1.807) is 36.4 Å². The normalized spacial score (nSPS) is 11.1. The molecule has 3 N–H and O–H groups in total. The van der Waals surface area contributed by atoms with E-state index in [4.69, 9.17) is 10.5 Å². The van der Waals surface area contributed by atoms with Gasteiger partial charge in [-0.3, -0.25) is 4.72 Å². The third-order valence-electron chi connectivity index (χ3n) is 2.62. The summed E-state index contributed by atoms with van der Waals surface area (Å²) in [6, 6.07) is 10.0. The molecule has 0 radical (unpaired) electrons. The second kappa shape index (κ2) is 5.79. The molecule has 20 heavy (non-hydrogen) atoms. The van der Waals surface area contributed by atoms with Crippen molar-refractivity contribution >= 4 is 21.4 Å². The lowest BCUT2D eigenvalue weighted by Gasteiger charge is -2.09. The number of benzene rings is 1. The Labute approximate surface area is 117 Å². The first kappa shape index (κ1) is 14.1. The Kier molecular flexibility index (Phi) is 4.09. The number of sulfonamides is 1. The molecule has 0 aliphatic carbocycles. The third-order valence-corrected chi connectivity index (χ3v) is 3.86. The number of hydrogen-bond donors (Lipinski definition) is 2. The zero-order valence-corrected chi connectivity index (χ0v) is 11.7. The minimum absolute atomic E-state index is 0.189. The Morgan fingerprint density at radius 2 is 2.00 bits per heavy atom. The zero-order chi connectivity index (χ0) is 14.6. The third kappa shape index (κ3) is 3.61. The number of nitrogens with two attached hydrogens (primary N) is 1. The Morgan fingerprint density at radius 3 is 2.60 bits per heavy atom. The average Bonchev–Trinajstić information content (AvgIpc) is 2.41. The van der Waals surface area contributed by atoms with E-state index in [9.17, 15) is 8.42 Å². The van der Waals surface area contributed by atoms with E-state index < -0.39 is 10.0 Å². The Balaban J connectivity index is 2.13. The number of nitrogens with one attached hydrogen (secondary N) is 1. The van der Waals surface area contributed by atoms with E-state index in [1.807, 2.05) is 0 Å². The summed E-state index contributed by atoms with van der Waals surface area (Å²) in [6.45, 7) is 0. The van der Waals surface area contributed by atoms with Crippen molar-refractivity contribution in [1.29, 1.82) is 0 Å². The Morgan fingerprint density at radius 1 is 1.25 bits per heavy atom. The molecule has 106 valence electrons. The fourth-order valence-electron chi connectivity index (χ4n) is 1.65. The van der Waals surface area contributed by atoms with Crippen LogP contribution in [-0.2, 0) is 15.8 Å². The van der Waals surface area contributed by atoms with Gasteiger partial charge in [-0.2, -0.15) is 0 Å². The van der Waals surface area contributed by atoms with Crippen molar-refractivity contribution in [1.82, 2.24) is 4.98 Å². The first-order valence-electron chi connectivity index (χ1n) is 5.84. The molecule has 1 aromatic carbocycles. The topological polar surface area (TPSA) is 94.3 Å². The van der Waals surface area contributed by atoms with Gasteiger partial charge < -0.3 is 10.5 Å². The summed E-state index contributed by atoms with van der Waals surface area (Å²) in [6.07, 6.45) is 1.39. The standard InChI is InChI=1S/C13H15N3O3S/c1-19-13-7-6-11(8-15-13)16-20(17,18)9-10-4-2-3-5-12(10)14/h2-8,16H,9,14H2,1H3. The maximum atomic E-state index is 12.1. The van der Waals surface area contributed by atoms with Gasteiger partial charge in [0.05, 0.1) is 24.7 Å². The molecule has 1 heterocycles. The van der Waals surface area contributed by atoms with Gasteiger partial charge in [0, 0.05) is 11.8 Å². The fraction of sp³-hybridized carbons (Fsp3) is 0.154. The van der Waals surface area contributed by atoms with Crippen LogP contribution in [0.4, 0.5) is 11.4 Å². The molecule has 0 unspecified atom stereocenters. The number of para-hydroxylation sites is 1. The molecule has 0 aliphatic rings. The highest BCUT2D eigenvalue weighted by molar-refractivity contribution is 7.91. The van der Waals surface area contributed by atoms with Crippen molar-refractivity contribution in [2.45, 2.75) is 5.75 Å². The Hall–Kier alpha value is -2.28. The lowest BCUT2D eigenvalue weighted by atomic mass is 10.2. The summed E-state index contributed by atoms with van der Waals surface area (Å²) in [7, 11) is -2.05. The molecule has 7 heteroatoms. The second-order valence-corrected chi connectivity index (χ2v) is 5.87. The molecule has 2 rings (SSSR count). The lowest BCUT2D eigenvalue weighted by molar-refractivity contribution is 0.398. The number of nitrogen functional groups attached to an aromatic ring is 1. The van der Waals surface area contributed by atoms with Crippen molar-refractivity contribution in [2.75, 3.05) is 17.6 Å². The van der Waals surface area contributed by atoms with Crippen LogP contribution in [0.3, 0.4) is 0 Å². The molecule has 0 saturated heterocycles. The summed E-state index contributed by atoms with van der Waals surface area (Å²) in [5.74, 6) is 0.228. The van der Waals surface area contributed by atoms with Crippen molar-refractivity contribution in [3.8, 4) is 5.88 Å². The van der Waals surface area contributed by atoms with Crippen molar-refractivity contribution in [2.24, 2.45) is 0 Å². The first-order valence-corrected chi connectivity index (χ1v) is 7.49. The zero-order valence-electron chi connectivity index (χ0n) is 10.9. The van der Waals surface area contributed by atoms with Gasteiger partial charge >= 0.3 is 0 Å². The van der Waals surface area contributed by atoms with Crippen LogP contribution in [0.1, 0.15) is 5.56 Å². The van der Waals surface area contributed by atoms with Crippen LogP contribution in [0, 0.1) is 0 Å². The van der Waals surface area contributed by atoms with E-state index in [1.165, 1.54) is 13.3 Å². The van der Waals surface area contributed by atoms with Crippen molar-refractivity contribution in [3.05, 3.63) is 48.2 Å². The van der Waals surface area contributed by atoms with Crippen LogP contribution in [-0.4, -0.2) is 20.5 Å². The largest absolute Gasteiger partial charge is 0.481 e. The molecular weight excluding hydrogens is 278 g/mol. The number of ether oxygens (including phenoxy) is 1. The van der Waals surface area contributed by atoms with E-state index in [2.05, 4.69) is 9.71 Å². The van der Waals surface area contributed by atoms with Gasteiger partial charge in [-0.15, -0.1) is 0 Å². The molecule has 0 aliphatic heterocycles. The van der Waals surface area contributed by atoms with Gasteiger partial charge in [-0.05, 0) is 17.7 Å². The van der Waals surface area contributed by atoms with Crippen LogP contribution >= 0.6 is 0 Å². The maximum Gasteiger partial charge on any atom is 0.237 e. The number of nitrogens with zero attached hydrogens (tertiary/aromatic N) is 1. The van der Waals surface area contributed by atoms with E-state index >= 15 is 0 Å². The minimum atomic E-state index is -3.54. The summed E-state index contributed by atoms with van der Waals surface area (Å²) in [4.78, 5) is 3.93. The van der Waals surface area contributed by atoms with Gasteiger partial charge in [0.2, 0.25) is 15.9 Å². The summed E-state index contributed by atoms with van der Waals surface area (Å²) in [5, 5.41) is 0. The van der Waals surface area contributed by atoms with Gasteiger partial charge in [-0.25, -0.2) is 13.4 Å². The number of anilines is 2. The number of aromatic nitrogens is 1. The lowest BCUT2D eigenvalue weighted by Crippen LogP contribution is -2.16. The van der Waals surface area contributed by atoms with Gasteiger partial charge in [0.25, 0.3) is 0 Å². The Bertz CT molecular complexity index is 684. The van der Waals surface area contributed by atoms with E-state index in [0.29, 0.717) is 22.8 Å². The van der Waals surface area contributed by atoms with Crippen LogP contribution < -0.4 is 15.2 Å². The summed E-state index contributed by atoms with van der Waals surface area (Å²) >= 11 is 0. The van der Waals surface area contributed by atoms with Gasteiger partial charge in [0.1, 0.15) is 0 Å². The molecule has 0 amide bonds. The molecule has 0 bridgehead atoms. The smallest absolute Gasteiger partial charge is 0.237 e. The number of pyridine rings is 1. The summed E-state index contributed by atoms with van der Waals surface area (Å²) < 4.78 is 31.5. The molecule has 0 saturated carbocycles. The van der Waals surface area contributed by atoms with E-state index in [-0.39, 0.29) is 5.75 Å². The highest BCUT2D eigenvalue weighted by Gasteiger charge is 2.13. The van der Waals surface area contributed by atoms with Crippen LogP contribution in [0.5, 0.6) is 5.88 Å². The highest BCUT2D eigenvalue weighted by atomic mass is 32.2. The maximum absolute atomic E-state index is 12.1. The predicted molar refractivity (Wildman–Crippen MR) is 77.9 cm³/mol. The first-order chi connectivity index (χ1) is 9.50. The SMILES string of the molecule is COc1ccc(NS(=O)(=O)Cc2ccccc2N)cn1. The van der Waals surface area contributed by atoms with Crippen LogP contribution in [0.15, 0.2) is 42.6 Å². The number of rotatable bonds is 5. The number of methoxy groups -OCH3 is 1. The molecule has 1 aromatic heterocycles. The summed E-state index contributed by atoms with van der Waals surface area (Å²) in [5.41, 5.74) is 7.12. The molecule has 6 nitrogen and oxygen atoms in total. The molecule has 0 spiro atoms. The second-order valence-electron chi connectivity index (χ2n) is 4.15. The van der Waals surface area contributed by atoms with Crippen LogP contribution in [0.2, 0.25) is 0 Å². The van der Waals surface area contributed by atoms with Crippen molar-refractivity contribution < 1.29 is 13.2 Å². The quantitative estimate of drug-likeness (QED) is 0.817. The number of hydrogen-bond acceptors (Lipinski definition) is 5. The van der Waals surface area contributed by atoms with Crippen molar-refractivity contribution in [3.63, 3.8) is 0 Å². The fourth-order valence-corrected chi connectivity index (χ4v) is 2.87. The highest BCUT2D eigenvalue weighted by Crippen LogP contribution is 2.17. The van der Waals surface area contributed by atoms with Gasteiger partial charge in [0.15, 0.2) is 0 Å². The molecular formula is C13H15N3O3S. The molecule has 0 fully saturated rings. The molecule has 0 atom stereocenters. The van der Waals surface area contributed by atoms with Crippen LogP contribution in [0.25, 0.3) is 0 Å².